The van der Waals surface area contributed by atoms with Gasteiger partial charge in [0.25, 0.3) is 10.0 Å². The predicted octanol–water partition coefficient (Wildman–Crippen LogP) is 3.65. The van der Waals surface area contributed by atoms with Gasteiger partial charge in [-0.05, 0) is 55.2 Å². The van der Waals surface area contributed by atoms with Crippen molar-refractivity contribution >= 4 is 26.8 Å². The summed E-state index contributed by atoms with van der Waals surface area (Å²) < 4.78 is 55.5. The molecule has 0 bridgehead atoms. The highest BCUT2D eigenvalue weighted by atomic mass is 32.2. The summed E-state index contributed by atoms with van der Waals surface area (Å²) in [6.07, 6.45) is 5.17. The molecule has 2 aromatic carbocycles. The molecule has 0 fully saturated rings. The van der Waals surface area contributed by atoms with Crippen molar-refractivity contribution in [2.24, 2.45) is 0 Å². The van der Waals surface area contributed by atoms with Gasteiger partial charge in [0.05, 0.1) is 13.2 Å². The predicted molar refractivity (Wildman–Crippen MR) is 111 cm³/mol. The van der Waals surface area contributed by atoms with Crippen LogP contribution < -0.4 is 9.46 Å². The van der Waals surface area contributed by atoms with E-state index in [4.69, 9.17) is 9.26 Å². The first-order valence-corrected chi connectivity index (χ1v) is 11.2. The quantitative estimate of drug-likeness (QED) is 0.507. The molecule has 0 saturated heterocycles. The molecule has 3 heterocycles. The van der Waals surface area contributed by atoms with Crippen LogP contribution in [0, 0.1) is 12.7 Å². The molecule has 0 unspecified atom stereocenters. The third kappa shape index (κ3) is 3.52. The van der Waals surface area contributed by atoms with Crippen LogP contribution in [0.1, 0.15) is 23.1 Å². The second-order valence-electron chi connectivity index (χ2n) is 7.44. The Hall–Kier alpha value is -3.40. The fraction of sp³-hybridized carbons (Fsp3) is 0.238. The number of sulfonamides is 1. The van der Waals surface area contributed by atoms with Gasteiger partial charge in [-0.25, -0.2) is 12.8 Å². The number of anilines is 1. The standard InChI is InChI=1S/C21H19FN4O4S/c1-13-5-6-16(22)18(10-13)31(27,28)25-21-19-17(30-24-21)11-14(12-26-8-3-7-23-26)15-4-2-9-29-20(15)19/h3,5-8,10-11H,2,4,9,12H2,1H3,(H,24,25). The Bertz CT molecular complexity index is 1380. The van der Waals surface area contributed by atoms with E-state index in [0.29, 0.717) is 35.4 Å². The SMILES string of the molecule is Cc1ccc(F)c(S(=O)(=O)Nc2noc3cc(Cn4cccn4)c4c(c23)OCCC4)c1. The van der Waals surface area contributed by atoms with Crippen LogP contribution in [-0.4, -0.2) is 30.0 Å². The van der Waals surface area contributed by atoms with Crippen LogP contribution in [0.15, 0.2) is 52.1 Å². The Morgan fingerprint density at radius 1 is 1.29 bits per heavy atom. The van der Waals surface area contributed by atoms with Crippen molar-refractivity contribution in [1.82, 2.24) is 14.9 Å². The second kappa shape index (κ2) is 7.38. The Kier molecular flexibility index (Phi) is 4.66. The van der Waals surface area contributed by atoms with E-state index in [1.807, 2.05) is 18.3 Å². The van der Waals surface area contributed by atoms with Gasteiger partial charge in [0.1, 0.15) is 21.8 Å². The topological polar surface area (TPSA) is 99.2 Å². The molecule has 0 aliphatic carbocycles. The second-order valence-corrected chi connectivity index (χ2v) is 9.09. The molecule has 0 radical (unpaired) electrons. The van der Waals surface area contributed by atoms with Gasteiger partial charge < -0.3 is 9.26 Å². The van der Waals surface area contributed by atoms with Crippen molar-refractivity contribution in [3.05, 3.63) is 65.2 Å². The number of rotatable bonds is 5. The summed E-state index contributed by atoms with van der Waals surface area (Å²) in [5.74, 6) is -0.333. The Balaban J connectivity index is 1.60. The number of aryl methyl sites for hydroxylation is 1. The minimum absolute atomic E-state index is 0.0281. The van der Waals surface area contributed by atoms with E-state index in [-0.39, 0.29) is 5.82 Å². The van der Waals surface area contributed by atoms with E-state index in [2.05, 4.69) is 15.0 Å². The van der Waals surface area contributed by atoms with Gasteiger partial charge in [0.15, 0.2) is 11.4 Å². The lowest BCUT2D eigenvalue weighted by Crippen LogP contribution is -2.16. The van der Waals surface area contributed by atoms with Gasteiger partial charge in [-0.1, -0.05) is 11.2 Å². The third-order valence-electron chi connectivity index (χ3n) is 5.23. The minimum Gasteiger partial charge on any atom is -0.492 e. The number of hydrogen-bond acceptors (Lipinski definition) is 6. The Labute approximate surface area is 177 Å². The van der Waals surface area contributed by atoms with Crippen molar-refractivity contribution < 1.29 is 22.1 Å². The van der Waals surface area contributed by atoms with Crippen LogP contribution in [0.5, 0.6) is 5.75 Å². The molecule has 0 atom stereocenters. The van der Waals surface area contributed by atoms with Crippen LogP contribution in [0.4, 0.5) is 10.2 Å². The average Bonchev–Trinajstić information content (AvgIpc) is 3.40. The monoisotopic (exact) mass is 442 g/mol. The summed E-state index contributed by atoms with van der Waals surface area (Å²) in [7, 11) is -4.22. The maximum atomic E-state index is 14.2. The summed E-state index contributed by atoms with van der Waals surface area (Å²) >= 11 is 0. The van der Waals surface area contributed by atoms with Crippen LogP contribution >= 0.6 is 0 Å². The Morgan fingerprint density at radius 2 is 2.16 bits per heavy atom. The number of nitrogens with zero attached hydrogens (tertiary/aromatic N) is 3. The molecule has 1 aliphatic rings. The molecule has 31 heavy (non-hydrogen) atoms. The molecule has 0 amide bonds. The third-order valence-corrected chi connectivity index (χ3v) is 6.58. The lowest BCUT2D eigenvalue weighted by molar-refractivity contribution is 0.291. The summed E-state index contributed by atoms with van der Waals surface area (Å²) in [4.78, 5) is -0.450. The van der Waals surface area contributed by atoms with Crippen molar-refractivity contribution in [2.75, 3.05) is 11.3 Å². The summed E-state index contributed by atoms with van der Waals surface area (Å²) in [5.41, 5.74) is 2.92. The number of halogens is 1. The van der Waals surface area contributed by atoms with Gasteiger partial charge >= 0.3 is 0 Å². The molecule has 0 saturated carbocycles. The number of ether oxygens (including phenoxy) is 1. The molecular weight excluding hydrogens is 423 g/mol. The zero-order chi connectivity index (χ0) is 21.6. The van der Waals surface area contributed by atoms with E-state index < -0.39 is 20.7 Å². The van der Waals surface area contributed by atoms with Crippen LogP contribution in [0.2, 0.25) is 0 Å². The van der Waals surface area contributed by atoms with Crippen molar-refractivity contribution in [2.45, 2.75) is 31.2 Å². The lowest BCUT2D eigenvalue weighted by atomic mass is 9.97. The van der Waals surface area contributed by atoms with Crippen LogP contribution in [0.25, 0.3) is 11.0 Å². The minimum atomic E-state index is -4.22. The molecule has 0 spiro atoms. The van der Waals surface area contributed by atoms with E-state index >= 15 is 0 Å². The molecule has 5 rings (SSSR count). The molecule has 160 valence electrons. The molecule has 1 aliphatic heterocycles. The fourth-order valence-corrected chi connectivity index (χ4v) is 4.97. The van der Waals surface area contributed by atoms with E-state index in [1.165, 1.54) is 12.1 Å². The van der Waals surface area contributed by atoms with E-state index in [1.54, 1.807) is 17.8 Å². The lowest BCUT2D eigenvalue weighted by Gasteiger charge is -2.21. The van der Waals surface area contributed by atoms with Crippen molar-refractivity contribution in [3.8, 4) is 5.75 Å². The highest BCUT2D eigenvalue weighted by Gasteiger charge is 2.27. The largest absolute Gasteiger partial charge is 0.492 e. The maximum absolute atomic E-state index is 14.2. The number of fused-ring (bicyclic) bond motifs is 3. The highest BCUT2D eigenvalue weighted by Crippen LogP contribution is 2.41. The number of aromatic nitrogens is 3. The molecular formula is C21H19FN4O4S. The van der Waals surface area contributed by atoms with E-state index in [9.17, 15) is 12.8 Å². The van der Waals surface area contributed by atoms with Crippen LogP contribution in [0.3, 0.4) is 0 Å². The molecule has 1 N–H and O–H groups in total. The van der Waals surface area contributed by atoms with Crippen molar-refractivity contribution in [3.63, 3.8) is 0 Å². The Morgan fingerprint density at radius 3 is 2.97 bits per heavy atom. The zero-order valence-corrected chi connectivity index (χ0v) is 17.4. The summed E-state index contributed by atoms with van der Waals surface area (Å²) in [5, 5.41) is 8.59. The van der Waals surface area contributed by atoms with Gasteiger partial charge in [-0.15, -0.1) is 0 Å². The molecule has 4 aromatic rings. The normalized spacial score (nSPS) is 13.7. The number of nitrogens with one attached hydrogen (secondary N) is 1. The maximum Gasteiger partial charge on any atom is 0.266 e. The van der Waals surface area contributed by atoms with Gasteiger partial charge in [0, 0.05) is 18.0 Å². The first-order valence-electron chi connectivity index (χ1n) is 9.76. The van der Waals surface area contributed by atoms with Crippen LogP contribution in [-0.2, 0) is 23.0 Å². The molecule has 2 aromatic heterocycles. The summed E-state index contributed by atoms with van der Waals surface area (Å²) in [6, 6.07) is 7.56. The smallest absolute Gasteiger partial charge is 0.266 e. The van der Waals surface area contributed by atoms with E-state index in [0.717, 1.165) is 30.0 Å². The summed E-state index contributed by atoms with van der Waals surface area (Å²) in [6.45, 7) is 2.71. The highest BCUT2D eigenvalue weighted by molar-refractivity contribution is 7.92. The average molecular weight is 442 g/mol. The van der Waals surface area contributed by atoms with Gasteiger partial charge in [-0.3, -0.25) is 9.40 Å². The number of benzene rings is 2. The fourth-order valence-electron chi connectivity index (χ4n) is 3.80. The first kappa shape index (κ1) is 19.6. The van der Waals surface area contributed by atoms with Gasteiger partial charge in [-0.2, -0.15) is 5.10 Å². The van der Waals surface area contributed by atoms with Gasteiger partial charge in [0.2, 0.25) is 0 Å². The first-order chi connectivity index (χ1) is 14.9. The molecule has 10 heteroatoms. The number of hydrogen-bond donors (Lipinski definition) is 1. The zero-order valence-electron chi connectivity index (χ0n) is 16.6. The van der Waals surface area contributed by atoms with Crippen molar-refractivity contribution in [1.29, 1.82) is 0 Å². The molecule has 8 nitrogen and oxygen atoms in total.